The predicted octanol–water partition coefficient (Wildman–Crippen LogP) is 4.10. The maximum atomic E-state index is 14.1. The van der Waals surface area contributed by atoms with Gasteiger partial charge in [-0.25, -0.2) is 0 Å². The highest BCUT2D eigenvalue weighted by molar-refractivity contribution is 7.98. The molecule has 2 aromatic heterocycles. The van der Waals surface area contributed by atoms with E-state index in [-0.39, 0.29) is 51.1 Å². The van der Waals surface area contributed by atoms with Crippen LogP contribution in [0.4, 0.5) is 0 Å². The molecule has 2 atom stereocenters. The number of carbonyl (C=O) groups excluding carboxylic acids is 3. The predicted molar refractivity (Wildman–Crippen MR) is 150 cm³/mol. The Hall–Kier alpha value is -4.45. The number of phenolic OH excluding ortho intramolecular Hbond substituents is 2. The molecule has 0 amide bonds. The Morgan fingerprint density at radius 2 is 1.95 bits per heavy atom. The lowest BCUT2D eigenvalue weighted by atomic mass is 9.70. The number of ether oxygens (including phenoxy) is 1. The lowest BCUT2D eigenvalue weighted by Crippen LogP contribution is -2.41. The fourth-order valence-electron chi connectivity index (χ4n) is 5.16. The van der Waals surface area contributed by atoms with Crippen LogP contribution >= 0.6 is 11.8 Å². The number of Topliss-reactive ketones (excluding diaryl/α,β-unsaturated/α-hetero) is 2. The molecule has 0 fully saturated rings. The minimum absolute atomic E-state index is 0.0299. The average Bonchev–Trinajstić information content (AvgIpc) is 3.54. The van der Waals surface area contributed by atoms with E-state index in [9.17, 15) is 24.6 Å². The normalized spacial score (nSPS) is 19.7. The summed E-state index contributed by atoms with van der Waals surface area (Å²) in [5, 5.41) is 28.9. The summed E-state index contributed by atoms with van der Waals surface area (Å²) in [4.78, 5) is 48.6. The van der Waals surface area contributed by atoms with Crippen molar-refractivity contribution >= 4 is 29.1 Å². The largest absolute Gasteiger partial charge is 0.507 e. The molecule has 3 aromatic rings. The molecule has 0 unspecified atom stereocenters. The minimum Gasteiger partial charge on any atom is -0.507 e. The average molecular weight is 577 g/mol. The van der Waals surface area contributed by atoms with E-state index in [0.717, 1.165) is 5.75 Å². The standard InChI is InChI=1S/C29H28N4O7S/c1-13-23(36)21(15(3)34)25-22(24(13)37)29(4)19(39-25)12-18(35)20(26(29)38)14(2)31-17(9-11-41-5)28-32-27(33-40-28)16-8-6-7-10-30-16/h6-8,10,12,17,31,36-37H,9,11H2,1-5H3/b20-14+/t17-,29-/m0/s1. The van der Waals surface area contributed by atoms with Gasteiger partial charge in [-0.2, -0.15) is 16.7 Å². The summed E-state index contributed by atoms with van der Waals surface area (Å²) in [6.45, 7) is 5.81. The third kappa shape index (κ3) is 4.48. The highest BCUT2D eigenvalue weighted by Gasteiger charge is 2.56. The molecule has 0 spiro atoms. The molecule has 0 radical (unpaired) electrons. The highest BCUT2D eigenvalue weighted by Crippen LogP contribution is 2.57. The van der Waals surface area contributed by atoms with E-state index in [1.807, 2.05) is 12.3 Å². The molecule has 2 aliphatic rings. The first-order valence-corrected chi connectivity index (χ1v) is 14.2. The molecule has 3 N–H and O–H groups in total. The summed E-state index contributed by atoms with van der Waals surface area (Å²) in [5.41, 5.74) is -1.04. The number of phenols is 2. The zero-order chi connectivity index (χ0) is 29.6. The van der Waals surface area contributed by atoms with Crippen molar-refractivity contribution in [2.45, 2.75) is 45.6 Å². The summed E-state index contributed by atoms with van der Waals surface area (Å²) < 4.78 is 11.4. The van der Waals surface area contributed by atoms with Crippen LogP contribution in [0.2, 0.25) is 0 Å². The van der Waals surface area contributed by atoms with E-state index in [4.69, 9.17) is 9.26 Å². The lowest BCUT2D eigenvalue weighted by Gasteiger charge is -2.29. The number of nitrogens with one attached hydrogen (secondary N) is 1. The van der Waals surface area contributed by atoms with Crippen molar-refractivity contribution in [1.82, 2.24) is 20.4 Å². The third-order valence-electron chi connectivity index (χ3n) is 7.40. The molecule has 0 saturated carbocycles. The number of rotatable bonds is 8. The third-order valence-corrected chi connectivity index (χ3v) is 8.04. The van der Waals surface area contributed by atoms with E-state index >= 15 is 0 Å². The van der Waals surface area contributed by atoms with Crippen LogP contribution in [0.1, 0.15) is 60.6 Å². The van der Waals surface area contributed by atoms with Gasteiger partial charge in [0.15, 0.2) is 17.3 Å². The van der Waals surface area contributed by atoms with Crippen molar-refractivity contribution in [3.63, 3.8) is 0 Å². The Morgan fingerprint density at radius 1 is 1.20 bits per heavy atom. The van der Waals surface area contributed by atoms with Crippen molar-refractivity contribution in [2.75, 3.05) is 12.0 Å². The summed E-state index contributed by atoms with van der Waals surface area (Å²) >= 11 is 1.61. The number of carbonyl (C=O) groups is 3. The zero-order valence-electron chi connectivity index (χ0n) is 23.1. The molecular weight excluding hydrogens is 548 g/mol. The van der Waals surface area contributed by atoms with Crippen LogP contribution in [0.15, 0.2) is 52.0 Å². The molecule has 1 aliphatic heterocycles. The molecule has 0 saturated heterocycles. The number of hydrogen-bond donors (Lipinski definition) is 3. The van der Waals surface area contributed by atoms with Gasteiger partial charge in [0.25, 0.3) is 0 Å². The van der Waals surface area contributed by atoms with E-state index in [2.05, 4.69) is 20.4 Å². The molecule has 5 rings (SSSR count). The van der Waals surface area contributed by atoms with Crippen molar-refractivity contribution < 1.29 is 33.9 Å². The first-order valence-electron chi connectivity index (χ1n) is 12.8. The van der Waals surface area contributed by atoms with Gasteiger partial charge in [0.2, 0.25) is 11.7 Å². The quantitative estimate of drug-likeness (QED) is 0.200. The second kappa shape index (κ2) is 10.5. The number of ketones is 3. The lowest BCUT2D eigenvalue weighted by molar-refractivity contribution is -0.123. The Labute approximate surface area is 239 Å². The van der Waals surface area contributed by atoms with Crippen molar-refractivity contribution in [2.24, 2.45) is 0 Å². The summed E-state index contributed by atoms with van der Waals surface area (Å²) in [7, 11) is 0. The number of benzene rings is 1. The number of nitrogens with zero attached hydrogens (tertiary/aromatic N) is 3. The first-order chi connectivity index (χ1) is 19.5. The number of allylic oxidation sites excluding steroid dienone is 4. The number of pyridine rings is 1. The Bertz CT molecular complexity index is 1660. The Morgan fingerprint density at radius 3 is 2.61 bits per heavy atom. The molecule has 3 heterocycles. The van der Waals surface area contributed by atoms with Crippen molar-refractivity contribution in [3.8, 4) is 28.8 Å². The molecule has 0 bridgehead atoms. The maximum absolute atomic E-state index is 14.1. The van der Waals surface area contributed by atoms with Gasteiger partial charge >= 0.3 is 0 Å². The van der Waals surface area contributed by atoms with E-state index < -0.39 is 34.6 Å². The monoisotopic (exact) mass is 576 g/mol. The van der Waals surface area contributed by atoms with Crippen LogP contribution in [-0.2, 0) is 15.0 Å². The van der Waals surface area contributed by atoms with Gasteiger partial charge in [0.05, 0.1) is 11.1 Å². The second-order valence-electron chi connectivity index (χ2n) is 10.0. The van der Waals surface area contributed by atoms with Crippen molar-refractivity contribution in [3.05, 3.63) is 70.1 Å². The van der Waals surface area contributed by atoms with Crippen LogP contribution in [0.25, 0.3) is 11.5 Å². The zero-order valence-corrected chi connectivity index (χ0v) is 23.9. The highest BCUT2D eigenvalue weighted by atomic mass is 32.2. The van der Waals surface area contributed by atoms with Crippen LogP contribution in [0.3, 0.4) is 0 Å². The SMILES string of the molecule is CSCC[C@H](N/C(C)=C1\C(=O)C=C2Oc3c(C(C)=O)c(O)c(C)c(O)c3[C@@]2(C)C1=O)c1nc(-c2ccccn2)no1. The summed E-state index contributed by atoms with van der Waals surface area (Å²) in [6.07, 6.45) is 5.30. The van der Waals surface area contributed by atoms with Gasteiger partial charge in [-0.15, -0.1) is 0 Å². The van der Waals surface area contributed by atoms with Crippen LogP contribution < -0.4 is 10.1 Å². The fraction of sp³-hybridized carbons (Fsp3) is 0.310. The molecule has 41 heavy (non-hydrogen) atoms. The maximum Gasteiger partial charge on any atom is 0.249 e. The number of hydrogen-bond acceptors (Lipinski definition) is 12. The smallest absolute Gasteiger partial charge is 0.249 e. The fourth-order valence-corrected chi connectivity index (χ4v) is 5.64. The van der Waals surface area contributed by atoms with E-state index in [1.165, 1.54) is 26.8 Å². The summed E-state index contributed by atoms with van der Waals surface area (Å²) in [5.74, 6) is -1.44. The van der Waals surface area contributed by atoms with Gasteiger partial charge in [0.1, 0.15) is 45.7 Å². The molecule has 12 heteroatoms. The Kier molecular flexibility index (Phi) is 7.20. The minimum atomic E-state index is -1.61. The summed E-state index contributed by atoms with van der Waals surface area (Å²) in [6, 6.07) is 4.82. The second-order valence-corrected chi connectivity index (χ2v) is 11.0. The molecule has 1 aliphatic carbocycles. The Balaban J connectivity index is 1.56. The van der Waals surface area contributed by atoms with Gasteiger partial charge in [0, 0.05) is 23.5 Å². The number of fused-ring (bicyclic) bond motifs is 3. The number of aromatic nitrogens is 3. The van der Waals surface area contributed by atoms with Gasteiger partial charge in [-0.3, -0.25) is 19.4 Å². The molecular formula is C29H28N4O7S. The van der Waals surface area contributed by atoms with Crippen LogP contribution in [0, 0.1) is 6.92 Å². The van der Waals surface area contributed by atoms with E-state index in [1.54, 1.807) is 37.0 Å². The van der Waals surface area contributed by atoms with Gasteiger partial charge < -0.3 is 24.8 Å². The number of thioether (sulfide) groups is 1. The first kappa shape index (κ1) is 28.1. The van der Waals surface area contributed by atoms with Crippen LogP contribution in [-0.4, -0.2) is 54.7 Å². The van der Waals surface area contributed by atoms with Crippen molar-refractivity contribution in [1.29, 1.82) is 0 Å². The van der Waals surface area contributed by atoms with E-state index in [0.29, 0.717) is 17.9 Å². The topological polar surface area (TPSA) is 165 Å². The molecule has 11 nitrogen and oxygen atoms in total. The number of aromatic hydroxyl groups is 2. The molecule has 1 aromatic carbocycles. The molecule has 212 valence electrons. The van der Waals surface area contributed by atoms with Crippen LogP contribution in [0.5, 0.6) is 17.2 Å². The van der Waals surface area contributed by atoms with Gasteiger partial charge in [-0.1, -0.05) is 11.2 Å². The van der Waals surface area contributed by atoms with Gasteiger partial charge in [-0.05, 0) is 58.3 Å².